The number of benzene rings is 1. The Bertz CT molecular complexity index is 1300. The average molecular weight is 546 g/mol. The maximum atomic E-state index is 13.2. The van der Waals surface area contributed by atoms with Crippen LogP contribution in [-0.2, 0) is 34.0 Å². The fraction of sp³-hybridized carbons (Fsp3) is 0.594. The summed E-state index contributed by atoms with van der Waals surface area (Å²) in [6.07, 6.45) is 10.5. The normalized spacial score (nSPS) is 30.9. The second kappa shape index (κ2) is 10.1. The lowest BCUT2D eigenvalue weighted by molar-refractivity contribution is -0.150. The predicted octanol–water partition coefficient (Wildman–Crippen LogP) is 5.12. The molecule has 1 aromatic carbocycles. The highest BCUT2D eigenvalue weighted by atomic mass is 16.5. The topological polar surface area (TPSA) is 92.1 Å². The van der Waals surface area contributed by atoms with E-state index in [-0.39, 0.29) is 24.1 Å². The van der Waals surface area contributed by atoms with Gasteiger partial charge in [-0.25, -0.2) is 0 Å². The second-order valence-corrected chi connectivity index (χ2v) is 13.1. The highest BCUT2D eigenvalue weighted by Crippen LogP contribution is 2.61. The fourth-order valence-corrected chi connectivity index (χ4v) is 8.79. The van der Waals surface area contributed by atoms with E-state index in [0.29, 0.717) is 37.1 Å². The van der Waals surface area contributed by atoms with Gasteiger partial charge in [0.25, 0.3) is 11.8 Å². The predicted molar refractivity (Wildman–Crippen MR) is 148 cm³/mol. The minimum atomic E-state index is -0.606. The van der Waals surface area contributed by atoms with Gasteiger partial charge in [0.2, 0.25) is 5.91 Å². The van der Waals surface area contributed by atoms with Gasteiger partial charge in [0.1, 0.15) is 24.2 Å². The number of fused-ring (bicyclic) bond motifs is 1. The minimum absolute atomic E-state index is 0.161. The van der Waals surface area contributed by atoms with Crippen molar-refractivity contribution in [3.05, 3.63) is 53.0 Å². The van der Waals surface area contributed by atoms with Crippen LogP contribution in [0.15, 0.2) is 34.7 Å². The molecule has 5 fully saturated rings. The summed E-state index contributed by atoms with van der Waals surface area (Å²) in [6.45, 7) is 2.12. The molecule has 40 heavy (non-hydrogen) atoms. The Balaban J connectivity index is 0.922. The van der Waals surface area contributed by atoms with Gasteiger partial charge in [-0.05, 0) is 98.8 Å². The molecule has 3 heterocycles. The van der Waals surface area contributed by atoms with Crippen molar-refractivity contribution < 1.29 is 23.5 Å². The number of piperidine rings is 1. The molecule has 1 saturated heterocycles. The lowest BCUT2D eigenvalue weighted by Crippen LogP contribution is -2.53. The number of anilines is 1. The third-order valence-corrected chi connectivity index (χ3v) is 10.3. The zero-order valence-electron chi connectivity index (χ0n) is 23.3. The first kappa shape index (κ1) is 25.8. The number of hydrogen-bond acceptors (Lipinski definition) is 6. The van der Waals surface area contributed by atoms with Crippen molar-refractivity contribution in [2.24, 2.45) is 23.2 Å². The molecule has 0 spiro atoms. The number of carbonyl (C=O) groups is 3. The summed E-state index contributed by atoms with van der Waals surface area (Å²) >= 11 is 0. The van der Waals surface area contributed by atoms with Crippen LogP contribution in [0.2, 0.25) is 0 Å². The average Bonchev–Trinajstić information content (AvgIpc) is 3.52. The molecule has 4 aliphatic carbocycles. The number of furan rings is 1. The van der Waals surface area contributed by atoms with E-state index in [1.807, 2.05) is 24.3 Å². The lowest BCUT2D eigenvalue weighted by Gasteiger charge is -2.57. The molecule has 212 valence electrons. The van der Waals surface area contributed by atoms with E-state index in [1.165, 1.54) is 52.0 Å². The van der Waals surface area contributed by atoms with Gasteiger partial charge < -0.3 is 19.4 Å². The van der Waals surface area contributed by atoms with Crippen molar-refractivity contribution in [1.82, 2.24) is 9.80 Å². The third kappa shape index (κ3) is 4.64. The number of rotatable bonds is 9. The van der Waals surface area contributed by atoms with Crippen molar-refractivity contribution in [1.29, 1.82) is 0 Å². The van der Waals surface area contributed by atoms with E-state index < -0.39 is 6.04 Å². The Hall–Kier alpha value is -3.13. The largest absolute Gasteiger partial charge is 0.462 e. The van der Waals surface area contributed by atoms with Crippen molar-refractivity contribution in [3.8, 4) is 0 Å². The summed E-state index contributed by atoms with van der Waals surface area (Å²) in [5, 5.41) is 3.42. The van der Waals surface area contributed by atoms with Crippen LogP contribution in [0.3, 0.4) is 0 Å². The van der Waals surface area contributed by atoms with Crippen LogP contribution in [0.1, 0.15) is 85.2 Å². The third-order valence-electron chi connectivity index (χ3n) is 10.3. The summed E-state index contributed by atoms with van der Waals surface area (Å²) in [5.74, 6) is 3.89. The van der Waals surface area contributed by atoms with Gasteiger partial charge in [0.15, 0.2) is 0 Å². The molecule has 0 radical (unpaired) electrons. The minimum Gasteiger partial charge on any atom is -0.462 e. The Labute approximate surface area is 235 Å². The quantitative estimate of drug-likeness (QED) is 0.348. The SMILES string of the molecule is CN1C(=O)CCC(N2Cc3c(NCc4ccc(COCCC56CC7CC(CC(C7)C5)C6)o4)cccc3C2=O)C1=O. The van der Waals surface area contributed by atoms with Crippen molar-refractivity contribution in [2.75, 3.05) is 19.0 Å². The van der Waals surface area contributed by atoms with Crippen molar-refractivity contribution in [3.63, 3.8) is 0 Å². The molecule has 8 rings (SSSR count). The molecule has 2 aromatic rings. The molecule has 2 aliphatic heterocycles. The number of ether oxygens (including phenoxy) is 1. The molecule has 8 nitrogen and oxygen atoms in total. The number of nitrogens with one attached hydrogen (secondary N) is 1. The van der Waals surface area contributed by atoms with E-state index in [0.717, 1.165) is 52.0 Å². The van der Waals surface area contributed by atoms with Gasteiger partial charge in [-0.15, -0.1) is 0 Å². The molecule has 3 amide bonds. The highest BCUT2D eigenvalue weighted by molar-refractivity contribution is 6.06. The van der Waals surface area contributed by atoms with Crippen LogP contribution >= 0.6 is 0 Å². The fourth-order valence-electron chi connectivity index (χ4n) is 8.79. The number of imide groups is 1. The van der Waals surface area contributed by atoms with Gasteiger partial charge in [0.05, 0.1) is 6.54 Å². The zero-order valence-corrected chi connectivity index (χ0v) is 23.3. The van der Waals surface area contributed by atoms with E-state index in [9.17, 15) is 14.4 Å². The highest BCUT2D eigenvalue weighted by Gasteiger charge is 2.50. The number of likely N-dealkylation sites (tertiary alicyclic amines) is 1. The number of nitrogens with zero attached hydrogens (tertiary/aromatic N) is 2. The van der Waals surface area contributed by atoms with Gasteiger partial charge in [-0.3, -0.25) is 19.3 Å². The summed E-state index contributed by atoms with van der Waals surface area (Å²) in [7, 11) is 1.49. The Kier molecular flexibility index (Phi) is 6.49. The van der Waals surface area contributed by atoms with E-state index in [1.54, 1.807) is 11.0 Å². The van der Waals surface area contributed by atoms with Crippen LogP contribution in [0.5, 0.6) is 0 Å². The smallest absolute Gasteiger partial charge is 0.255 e. The lowest BCUT2D eigenvalue weighted by atomic mass is 9.49. The number of carbonyl (C=O) groups excluding carboxylic acids is 3. The van der Waals surface area contributed by atoms with Crippen LogP contribution in [0.25, 0.3) is 0 Å². The molecule has 8 heteroatoms. The summed E-state index contributed by atoms with van der Waals surface area (Å²) in [5.41, 5.74) is 2.87. The molecule has 1 aromatic heterocycles. The molecule has 1 atom stereocenters. The van der Waals surface area contributed by atoms with E-state index >= 15 is 0 Å². The Morgan fingerprint density at radius 3 is 2.48 bits per heavy atom. The Morgan fingerprint density at radius 1 is 1.00 bits per heavy atom. The van der Waals surface area contributed by atoms with Gasteiger partial charge in [0, 0.05) is 43.4 Å². The summed E-state index contributed by atoms with van der Waals surface area (Å²) in [6, 6.07) is 8.95. The van der Waals surface area contributed by atoms with Gasteiger partial charge in [-0.1, -0.05) is 6.07 Å². The van der Waals surface area contributed by atoms with Crippen LogP contribution < -0.4 is 5.32 Å². The van der Waals surface area contributed by atoms with Crippen molar-refractivity contribution >= 4 is 23.4 Å². The maximum Gasteiger partial charge on any atom is 0.255 e. The Morgan fingerprint density at radius 2 is 1.73 bits per heavy atom. The van der Waals surface area contributed by atoms with E-state index in [4.69, 9.17) is 9.15 Å². The van der Waals surface area contributed by atoms with Gasteiger partial charge >= 0.3 is 0 Å². The number of likely N-dealkylation sites (N-methyl/N-ethyl adjacent to an activating group) is 1. The zero-order chi connectivity index (χ0) is 27.4. The number of amides is 3. The first-order chi connectivity index (χ1) is 19.4. The van der Waals surface area contributed by atoms with Crippen LogP contribution in [0.4, 0.5) is 5.69 Å². The van der Waals surface area contributed by atoms with E-state index in [2.05, 4.69) is 5.32 Å². The molecular weight excluding hydrogens is 506 g/mol. The standard InChI is InChI=1S/C32H39N3O5/c1-34-29(36)8-7-28(31(34)38)35-18-26-25(30(35)37)3-2-4-27(26)33-17-23-5-6-24(40-23)19-39-10-9-32-14-20-11-21(15-32)13-22(12-20)16-32/h2-6,20-22,28,33H,7-19H2,1H3. The second-order valence-electron chi connectivity index (χ2n) is 13.1. The maximum absolute atomic E-state index is 13.2. The summed E-state index contributed by atoms with van der Waals surface area (Å²) in [4.78, 5) is 40.6. The molecular formula is C32H39N3O5. The first-order valence-electron chi connectivity index (χ1n) is 15.0. The van der Waals surface area contributed by atoms with Crippen LogP contribution in [0, 0.1) is 23.2 Å². The van der Waals surface area contributed by atoms with Crippen LogP contribution in [-0.4, -0.2) is 47.2 Å². The van der Waals surface area contributed by atoms with Gasteiger partial charge in [-0.2, -0.15) is 0 Å². The molecule has 1 unspecified atom stereocenters. The molecule has 6 aliphatic rings. The summed E-state index contributed by atoms with van der Waals surface area (Å²) < 4.78 is 12.1. The molecule has 4 bridgehead atoms. The molecule has 4 saturated carbocycles. The molecule has 1 N–H and O–H groups in total. The monoisotopic (exact) mass is 545 g/mol. The number of hydrogen-bond donors (Lipinski definition) is 1. The first-order valence-corrected chi connectivity index (χ1v) is 15.0. The van der Waals surface area contributed by atoms with Crippen molar-refractivity contribution in [2.45, 2.75) is 83.5 Å².